The van der Waals surface area contributed by atoms with Crippen LogP contribution in [0.5, 0.6) is 0 Å². The van der Waals surface area contributed by atoms with Gasteiger partial charge in [-0.15, -0.1) is 11.3 Å². The first-order valence-corrected chi connectivity index (χ1v) is 8.74. The summed E-state index contributed by atoms with van der Waals surface area (Å²) in [5.41, 5.74) is -0.454. The highest BCUT2D eigenvalue weighted by Crippen LogP contribution is 2.43. The summed E-state index contributed by atoms with van der Waals surface area (Å²) >= 11 is 1.68. The van der Waals surface area contributed by atoms with Gasteiger partial charge < -0.3 is 10.4 Å². The molecule has 0 aliphatic heterocycles. The molecule has 0 spiro atoms. The Hall–Kier alpha value is -0.870. The van der Waals surface area contributed by atoms with Gasteiger partial charge in [0.15, 0.2) is 0 Å². The Morgan fingerprint density at radius 3 is 2.62 bits per heavy atom. The highest BCUT2D eigenvalue weighted by atomic mass is 32.1. The minimum absolute atomic E-state index is 0.135. The molecule has 1 aromatic heterocycles. The van der Waals surface area contributed by atoms with Crippen LogP contribution in [0.3, 0.4) is 0 Å². The summed E-state index contributed by atoms with van der Waals surface area (Å²) < 4.78 is 0. The number of rotatable bonds is 5. The third kappa shape index (κ3) is 3.67. The number of thiophene rings is 1. The van der Waals surface area contributed by atoms with Crippen molar-refractivity contribution < 1.29 is 9.90 Å². The largest absolute Gasteiger partial charge is 0.393 e. The molecule has 0 saturated heterocycles. The van der Waals surface area contributed by atoms with E-state index in [1.165, 1.54) is 4.88 Å². The van der Waals surface area contributed by atoms with E-state index in [0.29, 0.717) is 13.0 Å². The predicted molar refractivity (Wildman–Crippen MR) is 87.6 cm³/mol. The van der Waals surface area contributed by atoms with Gasteiger partial charge in [0.25, 0.3) is 0 Å². The summed E-state index contributed by atoms with van der Waals surface area (Å²) in [6.07, 6.45) is 4.35. The molecule has 0 bridgehead atoms. The molecule has 2 N–H and O–H groups in total. The molecule has 118 valence electrons. The quantitative estimate of drug-likeness (QED) is 0.875. The van der Waals surface area contributed by atoms with Crippen LogP contribution in [0.4, 0.5) is 0 Å². The van der Waals surface area contributed by atoms with E-state index in [0.717, 1.165) is 25.7 Å². The maximum atomic E-state index is 12.7. The molecule has 1 atom stereocenters. The van der Waals surface area contributed by atoms with E-state index >= 15 is 0 Å². The van der Waals surface area contributed by atoms with Crippen LogP contribution in [-0.2, 0) is 10.2 Å². The fraction of sp³-hybridized carbons (Fsp3) is 0.706. The van der Waals surface area contributed by atoms with Crippen molar-refractivity contribution in [2.75, 3.05) is 6.54 Å². The molecule has 3 nitrogen and oxygen atoms in total. The molecule has 1 fully saturated rings. The van der Waals surface area contributed by atoms with Crippen molar-refractivity contribution in [2.45, 2.75) is 64.4 Å². The first-order valence-electron chi connectivity index (χ1n) is 7.87. The molecule has 21 heavy (non-hydrogen) atoms. The number of carbonyl (C=O) groups excluding carboxylic acids is 1. The van der Waals surface area contributed by atoms with E-state index in [-0.39, 0.29) is 22.8 Å². The van der Waals surface area contributed by atoms with Gasteiger partial charge in [-0.25, -0.2) is 0 Å². The lowest BCUT2D eigenvalue weighted by Crippen LogP contribution is -2.43. The van der Waals surface area contributed by atoms with Crippen molar-refractivity contribution in [1.29, 1.82) is 0 Å². The molecule has 1 aliphatic rings. The van der Waals surface area contributed by atoms with E-state index in [2.05, 4.69) is 11.4 Å². The van der Waals surface area contributed by atoms with Crippen LogP contribution in [-0.4, -0.2) is 23.7 Å². The van der Waals surface area contributed by atoms with Crippen molar-refractivity contribution in [3.05, 3.63) is 22.4 Å². The molecule has 1 aromatic rings. The Morgan fingerprint density at radius 2 is 2.10 bits per heavy atom. The van der Waals surface area contributed by atoms with Gasteiger partial charge in [0.1, 0.15) is 0 Å². The summed E-state index contributed by atoms with van der Waals surface area (Å²) in [5.74, 6) is 0.142. The number of hydrogen-bond donors (Lipinski definition) is 2. The molecular weight excluding hydrogens is 282 g/mol. The average Bonchev–Trinajstić information content (AvgIpc) is 3.08. The zero-order valence-corrected chi connectivity index (χ0v) is 14.1. The van der Waals surface area contributed by atoms with Gasteiger partial charge in [-0.05, 0) is 36.1 Å². The third-order valence-corrected chi connectivity index (χ3v) is 5.66. The Labute approximate surface area is 131 Å². The van der Waals surface area contributed by atoms with Crippen molar-refractivity contribution in [2.24, 2.45) is 5.41 Å². The molecule has 0 radical (unpaired) electrons. The molecule has 1 unspecified atom stereocenters. The second-order valence-corrected chi connectivity index (χ2v) is 8.14. The maximum Gasteiger partial charge on any atom is 0.231 e. The van der Waals surface area contributed by atoms with Gasteiger partial charge in [0.05, 0.1) is 11.5 Å². The van der Waals surface area contributed by atoms with Crippen LogP contribution < -0.4 is 5.32 Å². The summed E-state index contributed by atoms with van der Waals surface area (Å²) in [6.45, 7) is 6.60. The normalized spacial score (nSPS) is 19.4. The molecule has 4 heteroatoms. The Balaban J connectivity index is 1.95. The fourth-order valence-electron chi connectivity index (χ4n) is 3.04. The average molecular weight is 309 g/mol. The summed E-state index contributed by atoms with van der Waals surface area (Å²) in [7, 11) is 0. The maximum absolute atomic E-state index is 12.7. The molecule has 1 heterocycles. The number of amides is 1. The first-order chi connectivity index (χ1) is 9.86. The zero-order chi connectivity index (χ0) is 15.5. The second kappa shape index (κ2) is 6.49. The summed E-state index contributed by atoms with van der Waals surface area (Å²) in [4.78, 5) is 13.9. The van der Waals surface area contributed by atoms with Crippen LogP contribution >= 0.6 is 11.3 Å². The number of hydrogen-bond acceptors (Lipinski definition) is 3. The van der Waals surface area contributed by atoms with Gasteiger partial charge in [0, 0.05) is 11.4 Å². The van der Waals surface area contributed by atoms with E-state index in [4.69, 9.17) is 0 Å². The van der Waals surface area contributed by atoms with Gasteiger partial charge in [-0.2, -0.15) is 0 Å². The van der Waals surface area contributed by atoms with Gasteiger partial charge in [0.2, 0.25) is 5.91 Å². The van der Waals surface area contributed by atoms with E-state index < -0.39 is 0 Å². The lowest BCUT2D eigenvalue weighted by atomic mass is 9.83. The van der Waals surface area contributed by atoms with Crippen molar-refractivity contribution in [3.63, 3.8) is 0 Å². The van der Waals surface area contributed by atoms with Gasteiger partial charge >= 0.3 is 0 Å². The number of aliphatic hydroxyl groups is 1. The molecule has 1 saturated carbocycles. The first kappa shape index (κ1) is 16.5. The van der Waals surface area contributed by atoms with E-state index in [1.54, 1.807) is 11.3 Å². The van der Waals surface area contributed by atoms with Gasteiger partial charge in [-0.3, -0.25) is 4.79 Å². The number of aliphatic hydroxyl groups excluding tert-OH is 1. The number of carbonyl (C=O) groups is 1. The highest BCUT2D eigenvalue weighted by Gasteiger charge is 2.43. The Bertz CT molecular complexity index is 456. The minimum atomic E-state index is -0.390. The lowest BCUT2D eigenvalue weighted by molar-refractivity contribution is -0.126. The van der Waals surface area contributed by atoms with Crippen molar-refractivity contribution in [1.82, 2.24) is 5.32 Å². The molecule has 1 amide bonds. The minimum Gasteiger partial charge on any atom is -0.393 e. The molecule has 2 rings (SSSR count). The zero-order valence-electron chi connectivity index (χ0n) is 13.3. The lowest BCUT2D eigenvalue weighted by Gasteiger charge is -2.29. The van der Waals surface area contributed by atoms with E-state index in [1.807, 2.05) is 32.2 Å². The SMILES string of the molecule is CC(C)(C)C(O)CCNC(=O)C1(c2cccs2)CCCC1. The van der Waals surface area contributed by atoms with Crippen LogP contribution in [0.25, 0.3) is 0 Å². The molecule has 1 aliphatic carbocycles. The van der Waals surface area contributed by atoms with Crippen LogP contribution in [0, 0.1) is 5.41 Å². The Kier molecular flexibility index (Phi) is 5.10. The smallest absolute Gasteiger partial charge is 0.231 e. The van der Waals surface area contributed by atoms with E-state index in [9.17, 15) is 9.90 Å². The highest BCUT2D eigenvalue weighted by molar-refractivity contribution is 7.10. The van der Waals surface area contributed by atoms with Gasteiger partial charge in [-0.1, -0.05) is 39.7 Å². The van der Waals surface area contributed by atoms with Crippen LogP contribution in [0.2, 0.25) is 0 Å². The van der Waals surface area contributed by atoms with Crippen LogP contribution in [0.1, 0.15) is 57.8 Å². The molecule has 0 aromatic carbocycles. The summed E-state index contributed by atoms with van der Waals surface area (Å²) in [6, 6.07) is 4.11. The standard InChI is InChI=1S/C17H27NO2S/c1-16(2,3)13(19)8-11-18-15(20)17(9-4-5-10-17)14-7-6-12-21-14/h6-7,12-13,19H,4-5,8-11H2,1-3H3,(H,18,20). The second-order valence-electron chi connectivity index (χ2n) is 7.19. The monoisotopic (exact) mass is 309 g/mol. The fourth-order valence-corrected chi connectivity index (χ4v) is 4.02. The predicted octanol–water partition coefficient (Wildman–Crippen LogP) is 3.47. The topological polar surface area (TPSA) is 49.3 Å². The van der Waals surface area contributed by atoms with Crippen molar-refractivity contribution >= 4 is 17.2 Å². The summed E-state index contributed by atoms with van der Waals surface area (Å²) in [5, 5.41) is 15.2. The Morgan fingerprint density at radius 1 is 1.43 bits per heavy atom. The third-order valence-electron chi connectivity index (χ3n) is 4.59. The van der Waals surface area contributed by atoms with Crippen molar-refractivity contribution in [3.8, 4) is 0 Å². The number of nitrogens with one attached hydrogen (secondary N) is 1. The molecular formula is C17H27NO2S. The van der Waals surface area contributed by atoms with Crippen LogP contribution in [0.15, 0.2) is 17.5 Å².